The Morgan fingerprint density at radius 1 is 1.88 bits per heavy atom. The summed E-state index contributed by atoms with van der Waals surface area (Å²) in [5.74, 6) is 1.09. The topological polar surface area (TPSA) is 0 Å². The SMILES string of the molecule is [3H]C(C[CH])C[B]SCC. The zero-order valence-electron chi connectivity index (χ0n) is 6.26. The van der Waals surface area contributed by atoms with E-state index in [0.29, 0.717) is 6.42 Å². The standard InChI is InChI=1S/C6H12BS/c1-3-5-6-7-8-4-2/h1H,3-6H2,2H3/i5T. The Morgan fingerprint density at radius 3 is 3.12 bits per heavy atom. The molecule has 0 spiro atoms. The lowest BCUT2D eigenvalue weighted by atomic mass is 9.99. The Bertz CT molecular complexity index is 61.0. The first-order valence-corrected chi connectivity index (χ1v) is 3.91. The molecule has 0 nitrogen and oxygen atoms in total. The van der Waals surface area contributed by atoms with Gasteiger partial charge in [-0.2, -0.15) is 0 Å². The van der Waals surface area contributed by atoms with Crippen LogP contribution in [0, 0.1) is 6.92 Å². The predicted octanol–water partition coefficient (Wildman–Crippen LogP) is 2.27. The molecule has 1 unspecified atom stereocenters. The normalized spacial score (nSPS) is 15.0. The fourth-order valence-electron chi connectivity index (χ4n) is 0.350. The van der Waals surface area contributed by atoms with Crippen molar-refractivity contribution >= 4 is 18.2 Å². The summed E-state index contributed by atoms with van der Waals surface area (Å²) < 4.78 is 7.23. The van der Waals surface area contributed by atoms with Crippen molar-refractivity contribution in [3.05, 3.63) is 6.92 Å². The average Bonchev–Trinajstić information content (AvgIpc) is 1.89. The Labute approximate surface area is 59.0 Å². The lowest BCUT2D eigenvalue weighted by molar-refractivity contribution is 0.952. The highest BCUT2D eigenvalue weighted by atomic mass is 32.2. The van der Waals surface area contributed by atoms with Crippen molar-refractivity contribution in [2.24, 2.45) is 0 Å². The van der Waals surface area contributed by atoms with Crippen molar-refractivity contribution < 1.29 is 1.37 Å². The van der Waals surface area contributed by atoms with Crippen LogP contribution in [0.1, 0.15) is 21.1 Å². The van der Waals surface area contributed by atoms with Crippen LogP contribution in [0.4, 0.5) is 0 Å². The number of rotatable bonds is 5. The van der Waals surface area contributed by atoms with Gasteiger partial charge in [-0.1, -0.05) is 26.1 Å². The zero-order chi connectivity index (χ0) is 7.11. The first-order chi connectivity index (χ1) is 4.31. The highest BCUT2D eigenvalue weighted by Gasteiger charge is 1.86. The summed E-state index contributed by atoms with van der Waals surface area (Å²) >= 11 is 1.75. The van der Waals surface area contributed by atoms with E-state index in [-0.39, 0.29) is 6.40 Å². The minimum absolute atomic E-state index is 0.0935. The first kappa shape index (κ1) is 6.53. The molecule has 0 aromatic carbocycles. The van der Waals surface area contributed by atoms with Crippen LogP contribution >= 0.6 is 11.6 Å². The third-order valence-electron chi connectivity index (χ3n) is 0.714. The summed E-state index contributed by atoms with van der Waals surface area (Å²) in [5.41, 5.74) is 0. The minimum Gasteiger partial charge on any atom is -0.218 e. The molecule has 0 aromatic heterocycles. The largest absolute Gasteiger partial charge is 0.218 e. The zero-order valence-corrected chi connectivity index (χ0v) is 6.08. The van der Waals surface area contributed by atoms with Crippen LogP contribution in [0.25, 0.3) is 0 Å². The molecule has 3 radical (unpaired) electrons. The van der Waals surface area contributed by atoms with E-state index in [9.17, 15) is 0 Å². The van der Waals surface area contributed by atoms with Gasteiger partial charge in [0.25, 0.3) is 0 Å². The van der Waals surface area contributed by atoms with Gasteiger partial charge in [0.1, 0.15) is 0 Å². The van der Waals surface area contributed by atoms with E-state index in [1.54, 1.807) is 11.6 Å². The summed E-state index contributed by atoms with van der Waals surface area (Å²) in [5, 5.41) is 0. The summed E-state index contributed by atoms with van der Waals surface area (Å²) in [6.07, 6.45) is 1.19. The Morgan fingerprint density at radius 2 is 2.62 bits per heavy atom. The second-order valence-corrected chi connectivity index (χ2v) is 2.63. The monoisotopic (exact) mass is 129 g/mol. The van der Waals surface area contributed by atoms with Crippen molar-refractivity contribution in [2.75, 3.05) is 5.75 Å². The fraction of sp³-hybridized carbons (Fsp3) is 0.833. The molecule has 0 aliphatic rings. The maximum absolute atomic E-state index is 7.23. The predicted molar refractivity (Wildman–Crippen MR) is 42.2 cm³/mol. The van der Waals surface area contributed by atoms with Gasteiger partial charge in [-0.3, -0.25) is 0 Å². The van der Waals surface area contributed by atoms with Gasteiger partial charge in [0.2, 0.25) is 0 Å². The van der Waals surface area contributed by atoms with Gasteiger partial charge in [-0.05, 0) is 12.7 Å². The molecule has 0 aliphatic carbocycles. The van der Waals surface area contributed by atoms with Crippen LogP contribution < -0.4 is 0 Å². The molecule has 1 atom stereocenters. The van der Waals surface area contributed by atoms with Gasteiger partial charge < -0.3 is 0 Å². The van der Waals surface area contributed by atoms with Crippen LogP contribution in [-0.4, -0.2) is 12.3 Å². The maximum atomic E-state index is 7.23. The molecule has 0 fully saturated rings. The first-order valence-electron chi connectivity index (χ1n) is 3.44. The molecule has 0 heterocycles. The Hall–Kier alpha value is 0.415. The van der Waals surface area contributed by atoms with E-state index in [4.69, 9.17) is 8.29 Å². The molecular formula is C6H12BS. The molecule has 45 valence electrons. The molecule has 0 amide bonds. The summed E-state index contributed by atoms with van der Waals surface area (Å²) in [6, 6.07) is 0. The third kappa shape index (κ3) is 6.41. The van der Waals surface area contributed by atoms with Crippen molar-refractivity contribution in [2.45, 2.75) is 26.1 Å². The van der Waals surface area contributed by atoms with Crippen LogP contribution in [0.3, 0.4) is 0 Å². The Balaban J connectivity index is 2.88. The van der Waals surface area contributed by atoms with Gasteiger partial charge in [0.15, 0.2) is 6.56 Å². The molecule has 8 heavy (non-hydrogen) atoms. The molecule has 0 rings (SSSR count). The molecule has 0 bridgehead atoms. The van der Waals surface area contributed by atoms with Gasteiger partial charge in [-0.25, -0.2) is 11.6 Å². The van der Waals surface area contributed by atoms with E-state index in [2.05, 4.69) is 13.5 Å². The van der Waals surface area contributed by atoms with E-state index in [1.165, 1.54) is 0 Å². The lowest BCUT2D eigenvalue weighted by Gasteiger charge is -1.91. The van der Waals surface area contributed by atoms with Crippen LogP contribution in [0.15, 0.2) is 0 Å². The smallest absolute Gasteiger partial charge is 0.191 e. The van der Waals surface area contributed by atoms with Crippen LogP contribution in [-0.2, 0) is 0 Å². The number of hydrogen-bond donors (Lipinski definition) is 0. The van der Waals surface area contributed by atoms with Gasteiger partial charge in [0, 0.05) is 1.37 Å². The Kier molecular flexibility index (Phi) is 6.06. The second-order valence-electron chi connectivity index (χ2n) is 1.38. The van der Waals surface area contributed by atoms with Crippen molar-refractivity contribution in [3.63, 3.8) is 0 Å². The average molecular weight is 129 g/mol. The molecule has 0 aromatic rings. The quantitative estimate of drug-likeness (QED) is 0.405. The van der Waals surface area contributed by atoms with E-state index in [0.717, 1.165) is 12.1 Å². The fourth-order valence-corrected chi connectivity index (χ4v) is 0.858. The summed E-state index contributed by atoms with van der Waals surface area (Å²) in [6.45, 7) is 9.40. The molecular weight excluding hydrogens is 115 g/mol. The summed E-state index contributed by atoms with van der Waals surface area (Å²) in [4.78, 5) is 0. The van der Waals surface area contributed by atoms with E-state index in [1.807, 2.05) is 0 Å². The van der Waals surface area contributed by atoms with Gasteiger partial charge in [-0.15, -0.1) is 0 Å². The highest BCUT2D eigenvalue weighted by molar-refractivity contribution is 8.22. The number of hydrogen-bond acceptors (Lipinski definition) is 1. The van der Waals surface area contributed by atoms with Crippen molar-refractivity contribution in [1.29, 1.82) is 0 Å². The summed E-state index contributed by atoms with van der Waals surface area (Å²) in [7, 11) is 0. The van der Waals surface area contributed by atoms with E-state index < -0.39 is 0 Å². The van der Waals surface area contributed by atoms with Gasteiger partial charge >= 0.3 is 0 Å². The van der Waals surface area contributed by atoms with Crippen molar-refractivity contribution in [3.8, 4) is 0 Å². The molecule has 0 saturated carbocycles. The third-order valence-corrected chi connectivity index (χ3v) is 1.48. The molecule has 0 aliphatic heterocycles. The minimum atomic E-state index is -0.0935. The van der Waals surface area contributed by atoms with Gasteiger partial charge in [0.05, 0.1) is 0 Å². The van der Waals surface area contributed by atoms with Crippen LogP contribution in [0.2, 0.25) is 6.32 Å². The highest BCUT2D eigenvalue weighted by Crippen LogP contribution is 2.02. The van der Waals surface area contributed by atoms with Crippen LogP contribution in [0.5, 0.6) is 0 Å². The van der Waals surface area contributed by atoms with E-state index >= 15 is 0 Å². The maximum Gasteiger partial charge on any atom is 0.191 e. The molecule has 2 heteroatoms. The molecule has 0 saturated heterocycles. The van der Waals surface area contributed by atoms with Crippen molar-refractivity contribution in [1.82, 2.24) is 0 Å². The second kappa shape index (κ2) is 7.41. The molecule has 0 N–H and O–H groups in total. The lowest BCUT2D eigenvalue weighted by Crippen LogP contribution is -1.82.